The predicted molar refractivity (Wildman–Crippen MR) is 88.3 cm³/mol. The van der Waals surface area contributed by atoms with Crippen molar-refractivity contribution in [3.05, 3.63) is 56.9 Å². The average molecular weight is 401 g/mol. The van der Waals surface area contributed by atoms with Gasteiger partial charge in [0.05, 0.1) is 17.6 Å². The maximum Gasteiger partial charge on any atom is 0.228 e. The summed E-state index contributed by atoms with van der Waals surface area (Å²) < 4.78 is 19.4. The van der Waals surface area contributed by atoms with E-state index in [1.165, 1.54) is 19.2 Å². The van der Waals surface area contributed by atoms with E-state index in [1.54, 1.807) is 18.2 Å². The number of aromatic nitrogens is 1. The highest BCUT2D eigenvalue weighted by atomic mass is 79.9. The van der Waals surface area contributed by atoms with Crippen molar-refractivity contribution < 1.29 is 14.0 Å². The van der Waals surface area contributed by atoms with Crippen molar-refractivity contribution in [1.82, 2.24) is 10.3 Å². The second kappa shape index (κ2) is 6.72. The van der Waals surface area contributed by atoms with Crippen LogP contribution in [0.1, 0.15) is 17.3 Å². The molecule has 0 saturated heterocycles. The van der Waals surface area contributed by atoms with Gasteiger partial charge in [0.1, 0.15) is 18.1 Å². The molecule has 2 aromatic rings. The summed E-state index contributed by atoms with van der Waals surface area (Å²) in [6.45, 7) is 0.261. The molecular formula is C15H12BrClFN3O2. The molecule has 1 unspecified atom stereocenters. The number of nitrogens with one attached hydrogen (secondary N) is 1. The summed E-state index contributed by atoms with van der Waals surface area (Å²) >= 11 is 9.25. The lowest BCUT2D eigenvalue weighted by atomic mass is 10.1. The van der Waals surface area contributed by atoms with Gasteiger partial charge in [0.25, 0.3) is 0 Å². The first kappa shape index (κ1) is 16.0. The molecule has 1 aliphatic heterocycles. The van der Waals surface area contributed by atoms with Gasteiger partial charge < -0.3 is 14.9 Å². The lowest BCUT2D eigenvalue weighted by Gasteiger charge is -2.24. The zero-order chi connectivity index (χ0) is 16.4. The van der Waals surface area contributed by atoms with Gasteiger partial charge in [-0.05, 0) is 51.8 Å². The van der Waals surface area contributed by atoms with Gasteiger partial charge in [0, 0.05) is 5.02 Å². The molecule has 8 heteroatoms. The van der Waals surface area contributed by atoms with Crippen LogP contribution in [0.25, 0.3) is 0 Å². The Morgan fingerprint density at radius 2 is 2.22 bits per heavy atom. The summed E-state index contributed by atoms with van der Waals surface area (Å²) in [5.74, 6) is 0.470. The van der Waals surface area contributed by atoms with Crippen molar-refractivity contribution >= 4 is 33.4 Å². The van der Waals surface area contributed by atoms with Gasteiger partial charge in [-0.15, -0.1) is 0 Å². The van der Waals surface area contributed by atoms with Crippen molar-refractivity contribution in [2.24, 2.45) is 5.16 Å². The number of amidine groups is 1. The molecule has 1 N–H and O–H groups in total. The number of methoxy groups -OCH3 is 1. The number of oxime groups is 1. The Morgan fingerprint density at radius 1 is 1.39 bits per heavy atom. The van der Waals surface area contributed by atoms with Crippen LogP contribution in [-0.2, 0) is 4.84 Å². The molecule has 23 heavy (non-hydrogen) atoms. The fraction of sp³-hybridized carbons (Fsp3) is 0.200. The van der Waals surface area contributed by atoms with E-state index in [1.807, 2.05) is 0 Å². The number of rotatable bonds is 3. The highest BCUT2D eigenvalue weighted by Gasteiger charge is 2.22. The molecule has 3 rings (SSSR count). The molecule has 0 aliphatic carbocycles. The summed E-state index contributed by atoms with van der Waals surface area (Å²) in [6, 6.07) is 7.63. The predicted octanol–water partition coefficient (Wildman–Crippen LogP) is 3.67. The zero-order valence-corrected chi connectivity index (χ0v) is 14.4. The zero-order valence-electron chi connectivity index (χ0n) is 12.0. The molecule has 1 aromatic carbocycles. The highest BCUT2D eigenvalue weighted by Crippen LogP contribution is 2.25. The minimum atomic E-state index is -0.401. The number of hydrogen-bond acceptors (Lipinski definition) is 5. The topological polar surface area (TPSA) is 55.7 Å². The number of hydrogen-bond donors (Lipinski definition) is 1. The van der Waals surface area contributed by atoms with Gasteiger partial charge in [0.15, 0.2) is 5.84 Å². The summed E-state index contributed by atoms with van der Waals surface area (Å²) in [6.07, 6.45) is 0. The molecule has 2 heterocycles. The molecule has 1 aliphatic rings. The van der Waals surface area contributed by atoms with E-state index in [-0.39, 0.29) is 12.6 Å². The van der Waals surface area contributed by atoms with E-state index >= 15 is 0 Å². The van der Waals surface area contributed by atoms with E-state index in [0.717, 1.165) is 4.47 Å². The molecule has 0 spiro atoms. The Kier molecular flexibility index (Phi) is 4.68. The van der Waals surface area contributed by atoms with Gasteiger partial charge in [0.2, 0.25) is 5.88 Å². The third-order valence-electron chi connectivity index (χ3n) is 3.25. The minimum absolute atomic E-state index is 0.261. The Bertz CT molecular complexity index is 752. The molecule has 0 bridgehead atoms. The Morgan fingerprint density at radius 3 is 2.96 bits per heavy atom. The van der Waals surface area contributed by atoms with E-state index in [0.29, 0.717) is 28.0 Å². The van der Waals surface area contributed by atoms with Gasteiger partial charge in [-0.2, -0.15) is 0 Å². The maximum absolute atomic E-state index is 13.5. The standard InChI is InChI=1S/C15H12BrClFN3O2/c1-22-15-11(16)2-3-12(20-15)14-19-13(7-23-21-14)8-4-9(17)6-10(18)5-8/h2-6,13H,7H2,1H3,(H,19,21). The van der Waals surface area contributed by atoms with Gasteiger partial charge in [-0.3, -0.25) is 0 Å². The third-order valence-corrected chi connectivity index (χ3v) is 4.07. The fourth-order valence-corrected chi connectivity index (χ4v) is 2.80. The second-order valence-electron chi connectivity index (χ2n) is 4.82. The molecule has 1 aromatic heterocycles. The van der Waals surface area contributed by atoms with Crippen molar-refractivity contribution in [2.75, 3.05) is 13.7 Å². The van der Waals surface area contributed by atoms with Crippen molar-refractivity contribution in [1.29, 1.82) is 0 Å². The van der Waals surface area contributed by atoms with Crippen LogP contribution in [0.5, 0.6) is 5.88 Å². The first-order valence-electron chi connectivity index (χ1n) is 6.70. The Balaban J connectivity index is 1.87. The van der Waals surface area contributed by atoms with Crippen LogP contribution in [-0.4, -0.2) is 24.5 Å². The van der Waals surface area contributed by atoms with Crippen LogP contribution in [0.3, 0.4) is 0 Å². The maximum atomic E-state index is 13.5. The van der Waals surface area contributed by atoms with E-state index < -0.39 is 5.82 Å². The van der Waals surface area contributed by atoms with Crippen LogP contribution < -0.4 is 10.1 Å². The molecule has 120 valence electrons. The first-order valence-corrected chi connectivity index (χ1v) is 7.87. The quantitative estimate of drug-likeness (QED) is 0.854. The lowest BCUT2D eigenvalue weighted by molar-refractivity contribution is 0.109. The van der Waals surface area contributed by atoms with Crippen LogP contribution in [0.2, 0.25) is 5.02 Å². The Labute approximate surface area is 145 Å². The van der Waals surface area contributed by atoms with E-state index in [2.05, 4.69) is 31.4 Å². The van der Waals surface area contributed by atoms with Crippen LogP contribution in [0, 0.1) is 5.82 Å². The van der Waals surface area contributed by atoms with Crippen molar-refractivity contribution in [3.63, 3.8) is 0 Å². The number of halogens is 3. The normalized spacial score (nSPS) is 17.0. The Hall–Kier alpha value is -1.86. The molecule has 0 fully saturated rings. The fourth-order valence-electron chi connectivity index (χ4n) is 2.18. The number of ether oxygens (including phenoxy) is 1. The summed E-state index contributed by atoms with van der Waals surface area (Å²) in [4.78, 5) is 9.59. The molecular weight excluding hydrogens is 389 g/mol. The minimum Gasteiger partial charge on any atom is -0.480 e. The summed E-state index contributed by atoms with van der Waals surface area (Å²) in [7, 11) is 1.53. The van der Waals surface area contributed by atoms with Gasteiger partial charge in [-0.25, -0.2) is 9.37 Å². The average Bonchev–Trinajstić information content (AvgIpc) is 2.54. The van der Waals surface area contributed by atoms with Gasteiger partial charge in [-0.1, -0.05) is 16.8 Å². The lowest BCUT2D eigenvalue weighted by Crippen LogP contribution is -2.36. The summed E-state index contributed by atoms with van der Waals surface area (Å²) in [5, 5.41) is 7.48. The SMILES string of the molecule is COc1nc(C2=NOCC(c3cc(F)cc(Cl)c3)N2)ccc1Br. The number of pyridine rings is 1. The van der Waals surface area contributed by atoms with E-state index in [4.69, 9.17) is 21.2 Å². The molecule has 0 saturated carbocycles. The molecule has 0 amide bonds. The summed E-state index contributed by atoms with van der Waals surface area (Å²) in [5.41, 5.74) is 1.23. The molecule has 1 atom stereocenters. The molecule has 5 nitrogen and oxygen atoms in total. The monoisotopic (exact) mass is 399 g/mol. The smallest absolute Gasteiger partial charge is 0.228 e. The molecule has 0 radical (unpaired) electrons. The van der Waals surface area contributed by atoms with Crippen molar-refractivity contribution in [2.45, 2.75) is 6.04 Å². The largest absolute Gasteiger partial charge is 0.480 e. The number of benzene rings is 1. The first-order chi connectivity index (χ1) is 11.1. The highest BCUT2D eigenvalue weighted by molar-refractivity contribution is 9.10. The third kappa shape index (κ3) is 3.56. The van der Waals surface area contributed by atoms with Crippen LogP contribution in [0.4, 0.5) is 4.39 Å². The van der Waals surface area contributed by atoms with E-state index in [9.17, 15) is 4.39 Å². The van der Waals surface area contributed by atoms with Gasteiger partial charge >= 0.3 is 0 Å². The second-order valence-corrected chi connectivity index (χ2v) is 6.11. The van der Waals surface area contributed by atoms with Crippen molar-refractivity contribution in [3.8, 4) is 5.88 Å². The van der Waals surface area contributed by atoms with Crippen LogP contribution in [0.15, 0.2) is 40.0 Å². The number of nitrogens with zero attached hydrogens (tertiary/aromatic N) is 2. The van der Waals surface area contributed by atoms with Crippen LogP contribution >= 0.6 is 27.5 Å².